The third-order valence-electron chi connectivity index (χ3n) is 2.37. The Balaban J connectivity index is 2.84. The zero-order chi connectivity index (χ0) is 12.4. The molecule has 7 heteroatoms. The number of ether oxygens (including phenoxy) is 2. The molecule has 1 saturated heterocycles. The molecule has 0 saturated carbocycles. The first kappa shape index (κ1) is 13.2. The molecule has 0 bridgehead atoms. The van der Waals surface area contributed by atoms with Crippen molar-refractivity contribution in [1.29, 1.82) is 0 Å². The average Bonchev–Trinajstić information content (AvgIpc) is 2.14. The summed E-state index contributed by atoms with van der Waals surface area (Å²) < 4.78 is 20.7. The van der Waals surface area contributed by atoms with Gasteiger partial charge in [0, 0.05) is 0 Å². The minimum absolute atomic E-state index is 0.121. The Bertz CT molecular complexity index is 320. The number of hydrogen-bond donors (Lipinski definition) is 1. The number of carbonyl (C=O) groups is 2. The third-order valence-corrected chi connectivity index (χ3v) is 4.43. The van der Waals surface area contributed by atoms with Gasteiger partial charge in [0.15, 0.2) is 5.41 Å². The molecule has 1 fully saturated rings. The summed E-state index contributed by atoms with van der Waals surface area (Å²) in [6.07, 6.45) is -0.755. The zero-order valence-corrected chi connectivity index (χ0v) is 10.2. The molecule has 92 valence electrons. The fourth-order valence-corrected chi connectivity index (χ4v) is 3.79. The van der Waals surface area contributed by atoms with Gasteiger partial charge < -0.3 is 14.4 Å². The lowest BCUT2D eigenvalue weighted by Gasteiger charge is -2.39. The van der Waals surface area contributed by atoms with Gasteiger partial charge in [-0.1, -0.05) is 0 Å². The van der Waals surface area contributed by atoms with Crippen molar-refractivity contribution in [3.8, 4) is 0 Å². The van der Waals surface area contributed by atoms with Crippen molar-refractivity contribution in [3.63, 3.8) is 0 Å². The van der Waals surface area contributed by atoms with E-state index >= 15 is 0 Å². The average molecular weight is 250 g/mol. The van der Waals surface area contributed by atoms with E-state index in [9.17, 15) is 19.0 Å². The maximum absolute atomic E-state index is 11.6. The van der Waals surface area contributed by atoms with Crippen molar-refractivity contribution in [2.45, 2.75) is 13.8 Å². The van der Waals surface area contributed by atoms with Gasteiger partial charge in [-0.25, -0.2) is 0 Å². The van der Waals surface area contributed by atoms with E-state index < -0.39 is 24.7 Å². The Morgan fingerprint density at radius 1 is 1.19 bits per heavy atom. The van der Waals surface area contributed by atoms with Gasteiger partial charge in [-0.05, 0) is 13.8 Å². The molecule has 0 aromatic rings. The fraction of sp³-hybridized carbons (Fsp3) is 0.778. The van der Waals surface area contributed by atoms with Gasteiger partial charge in [-0.15, -0.1) is 0 Å². The first-order valence-corrected chi connectivity index (χ1v) is 7.06. The minimum atomic E-state index is -3.34. The van der Waals surface area contributed by atoms with Crippen LogP contribution in [0.3, 0.4) is 0 Å². The van der Waals surface area contributed by atoms with Crippen LogP contribution < -0.4 is 0 Å². The van der Waals surface area contributed by atoms with Crippen LogP contribution in [0.1, 0.15) is 13.8 Å². The van der Waals surface area contributed by atoms with Gasteiger partial charge in [0.2, 0.25) is 7.37 Å². The Labute approximate surface area is 93.4 Å². The van der Waals surface area contributed by atoms with Crippen molar-refractivity contribution in [3.05, 3.63) is 0 Å². The molecule has 1 heterocycles. The van der Waals surface area contributed by atoms with Crippen LogP contribution in [0.4, 0.5) is 0 Å². The molecule has 0 spiro atoms. The largest absolute Gasteiger partial charge is 0.465 e. The molecule has 1 rings (SSSR count). The van der Waals surface area contributed by atoms with E-state index in [4.69, 9.17) is 9.47 Å². The predicted molar refractivity (Wildman–Crippen MR) is 55.3 cm³/mol. The second kappa shape index (κ2) is 4.55. The highest BCUT2D eigenvalue weighted by atomic mass is 31.2. The highest BCUT2D eigenvalue weighted by molar-refractivity contribution is 7.60. The van der Waals surface area contributed by atoms with Crippen LogP contribution in [-0.4, -0.2) is 42.4 Å². The standard InChI is InChI=1S/C9H15O6P/c1-3-14-7(10)9(8(11)15-4-2)5-16(12,13)6-9/h3-6H2,1-2H3,(H,12,13). The summed E-state index contributed by atoms with van der Waals surface area (Å²) in [5, 5.41) is 0. The Kier molecular flexibility index (Phi) is 3.76. The first-order valence-electron chi connectivity index (χ1n) is 5.03. The summed E-state index contributed by atoms with van der Waals surface area (Å²) in [6, 6.07) is 0. The van der Waals surface area contributed by atoms with Crippen molar-refractivity contribution < 1.29 is 28.5 Å². The van der Waals surface area contributed by atoms with Gasteiger partial charge in [0.05, 0.1) is 25.5 Å². The van der Waals surface area contributed by atoms with Crippen LogP contribution in [0.2, 0.25) is 0 Å². The molecule has 6 nitrogen and oxygen atoms in total. The second-order valence-electron chi connectivity index (χ2n) is 3.69. The van der Waals surface area contributed by atoms with E-state index in [1.165, 1.54) is 0 Å². The molecule has 0 radical (unpaired) electrons. The lowest BCUT2D eigenvalue weighted by atomic mass is 9.92. The summed E-state index contributed by atoms with van der Waals surface area (Å²) in [4.78, 5) is 32.4. The number of hydrogen-bond acceptors (Lipinski definition) is 5. The summed E-state index contributed by atoms with van der Waals surface area (Å²) in [7, 11) is -3.34. The predicted octanol–water partition coefficient (Wildman–Crippen LogP) is 0.383. The number of esters is 2. The fourth-order valence-electron chi connectivity index (χ4n) is 1.68. The van der Waals surface area contributed by atoms with Crippen LogP contribution in [0, 0.1) is 5.41 Å². The van der Waals surface area contributed by atoms with Gasteiger partial charge in [0.1, 0.15) is 0 Å². The van der Waals surface area contributed by atoms with Gasteiger partial charge in [-0.3, -0.25) is 14.2 Å². The van der Waals surface area contributed by atoms with E-state index in [0.717, 1.165) is 0 Å². The molecule has 1 aliphatic heterocycles. The Morgan fingerprint density at radius 3 is 1.81 bits per heavy atom. The molecule has 1 aliphatic rings. The zero-order valence-electron chi connectivity index (χ0n) is 9.26. The van der Waals surface area contributed by atoms with E-state index in [-0.39, 0.29) is 25.5 Å². The van der Waals surface area contributed by atoms with Crippen LogP contribution in [0.25, 0.3) is 0 Å². The van der Waals surface area contributed by atoms with Crippen LogP contribution >= 0.6 is 7.37 Å². The highest BCUT2D eigenvalue weighted by Gasteiger charge is 2.63. The maximum Gasteiger partial charge on any atom is 0.324 e. The summed E-state index contributed by atoms with van der Waals surface area (Å²) >= 11 is 0. The van der Waals surface area contributed by atoms with Crippen molar-refractivity contribution >= 4 is 19.3 Å². The monoisotopic (exact) mass is 250 g/mol. The number of rotatable bonds is 4. The Hall–Kier alpha value is -0.870. The first-order chi connectivity index (χ1) is 7.38. The molecule has 0 aliphatic carbocycles. The highest BCUT2D eigenvalue weighted by Crippen LogP contribution is 2.61. The van der Waals surface area contributed by atoms with Crippen LogP contribution in [-0.2, 0) is 23.6 Å². The van der Waals surface area contributed by atoms with Crippen molar-refractivity contribution in [2.24, 2.45) is 5.41 Å². The molecule has 0 aromatic heterocycles. The molecule has 0 aromatic carbocycles. The summed E-state index contributed by atoms with van der Waals surface area (Å²) in [6.45, 7) is 3.45. The lowest BCUT2D eigenvalue weighted by Crippen LogP contribution is -2.54. The van der Waals surface area contributed by atoms with Crippen LogP contribution in [0.15, 0.2) is 0 Å². The second-order valence-corrected chi connectivity index (χ2v) is 6.01. The molecule has 1 N–H and O–H groups in total. The van der Waals surface area contributed by atoms with Crippen LogP contribution in [0.5, 0.6) is 0 Å². The van der Waals surface area contributed by atoms with Gasteiger partial charge >= 0.3 is 11.9 Å². The summed E-state index contributed by atoms with van der Waals surface area (Å²) in [5.41, 5.74) is -1.56. The third kappa shape index (κ3) is 2.28. The number of carbonyl (C=O) groups excluding carboxylic acids is 2. The molecular formula is C9H15O6P. The Morgan fingerprint density at radius 2 is 1.56 bits per heavy atom. The maximum atomic E-state index is 11.6. The van der Waals surface area contributed by atoms with E-state index in [1.54, 1.807) is 13.8 Å². The molecular weight excluding hydrogens is 235 g/mol. The molecule has 0 unspecified atom stereocenters. The van der Waals surface area contributed by atoms with E-state index in [0.29, 0.717) is 0 Å². The quantitative estimate of drug-likeness (QED) is 0.441. The smallest absolute Gasteiger partial charge is 0.324 e. The topological polar surface area (TPSA) is 89.9 Å². The van der Waals surface area contributed by atoms with E-state index in [1.807, 2.05) is 0 Å². The minimum Gasteiger partial charge on any atom is -0.465 e. The molecule has 0 amide bonds. The van der Waals surface area contributed by atoms with Gasteiger partial charge in [-0.2, -0.15) is 0 Å². The van der Waals surface area contributed by atoms with Crippen molar-refractivity contribution in [1.82, 2.24) is 0 Å². The summed E-state index contributed by atoms with van der Waals surface area (Å²) in [5.74, 6) is -1.54. The van der Waals surface area contributed by atoms with E-state index in [2.05, 4.69) is 0 Å². The normalized spacial score (nSPS) is 20.7. The lowest BCUT2D eigenvalue weighted by molar-refractivity contribution is -0.170. The molecule has 0 atom stereocenters. The van der Waals surface area contributed by atoms with Crippen molar-refractivity contribution in [2.75, 3.05) is 25.5 Å². The SMILES string of the molecule is CCOC(=O)C1(C(=O)OCC)CP(=O)(O)C1. The van der Waals surface area contributed by atoms with Gasteiger partial charge in [0.25, 0.3) is 0 Å². The molecule has 16 heavy (non-hydrogen) atoms.